The monoisotopic (exact) mass is 500 g/mol. The summed E-state index contributed by atoms with van der Waals surface area (Å²) in [6.45, 7) is 7.31. The average Bonchev–Trinajstić information content (AvgIpc) is 3.56. The van der Waals surface area contributed by atoms with Crippen LogP contribution in [-0.2, 0) is 5.54 Å². The summed E-state index contributed by atoms with van der Waals surface area (Å²) in [5.41, 5.74) is 1.68. The van der Waals surface area contributed by atoms with Crippen molar-refractivity contribution in [2.24, 2.45) is 0 Å². The molecule has 0 atom stereocenters. The first-order valence-corrected chi connectivity index (χ1v) is 13.8. The molecule has 2 aromatic rings. The molecule has 1 spiro atoms. The van der Waals surface area contributed by atoms with Gasteiger partial charge in [0.2, 0.25) is 0 Å². The quantitative estimate of drug-likeness (QED) is 0.521. The molecule has 2 saturated carbocycles. The lowest BCUT2D eigenvalue weighted by atomic mass is 9.74. The van der Waals surface area contributed by atoms with Gasteiger partial charge in [-0.05, 0) is 37.8 Å². The number of urea groups is 1. The minimum atomic E-state index is -0.496. The molecule has 190 valence electrons. The van der Waals surface area contributed by atoms with Gasteiger partial charge in [0.25, 0.3) is 5.91 Å². The SMILES string of the molecule is CC.O=C1Nc2c(Cl)cc3cc(C(=O)N4CCN(C5CCCC5)CC4)oc3c2C2(CCCCC2)N1. The van der Waals surface area contributed by atoms with Crippen molar-refractivity contribution in [1.82, 2.24) is 15.1 Å². The normalized spacial score (nSPS) is 22.4. The predicted molar refractivity (Wildman–Crippen MR) is 139 cm³/mol. The van der Waals surface area contributed by atoms with Crippen molar-refractivity contribution in [2.45, 2.75) is 83.2 Å². The van der Waals surface area contributed by atoms with Crippen LogP contribution in [0.3, 0.4) is 0 Å². The number of nitrogens with one attached hydrogen (secondary N) is 2. The number of halogens is 1. The van der Waals surface area contributed by atoms with Crippen molar-refractivity contribution in [2.75, 3.05) is 31.5 Å². The fourth-order valence-electron chi connectivity index (χ4n) is 6.50. The number of fused-ring (bicyclic) bond motifs is 4. The first kappa shape index (κ1) is 24.4. The number of amides is 3. The van der Waals surface area contributed by atoms with Crippen LogP contribution in [0.5, 0.6) is 0 Å². The van der Waals surface area contributed by atoms with Crippen molar-refractivity contribution in [3.63, 3.8) is 0 Å². The van der Waals surface area contributed by atoms with Crippen molar-refractivity contribution >= 4 is 40.2 Å². The van der Waals surface area contributed by atoms with E-state index in [2.05, 4.69) is 15.5 Å². The molecule has 35 heavy (non-hydrogen) atoms. The molecule has 8 heteroatoms. The van der Waals surface area contributed by atoms with Crippen LogP contribution < -0.4 is 10.6 Å². The standard InChI is InChI=1S/C25H31ClN4O3.C2H6/c26-18-14-16-15-19(23(31)30-12-10-29(11-13-30)17-6-2-3-7-17)33-22(16)20-21(18)27-24(32)28-25(20)8-4-1-5-9-25;1-2/h14-15,17H,1-13H2,(H2,27,28,32);1-2H3. The van der Waals surface area contributed by atoms with E-state index < -0.39 is 5.54 Å². The number of rotatable bonds is 2. The smallest absolute Gasteiger partial charge is 0.319 e. The topological polar surface area (TPSA) is 77.8 Å². The molecule has 0 bridgehead atoms. The number of carbonyl (C=O) groups is 2. The molecule has 2 aliphatic carbocycles. The number of hydrogen-bond acceptors (Lipinski definition) is 4. The molecule has 0 radical (unpaired) electrons. The molecule has 6 rings (SSSR count). The molecule has 2 aliphatic heterocycles. The molecule has 7 nitrogen and oxygen atoms in total. The largest absolute Gasteiger partial charge is 0.450 e. The van der Waals surface area contributed by atoms with E-state index in [1.807, 2.05) is 24.8 Å². The van der Waals surface area contributed by atoms with E-state index in [-0.39, 0.29) is 11.9 Å². The highest BCUT2D eigenvalue weighted by Gasteiger charge is 2.44. The molecule has 3 heterocycles. The van der Waals surface area contributed by atoms with Gasteiger partial charge in [-0.2, -0.15) is 0 Å². The molecule has 3 amide bonds. The fraction of sp³-hybridized carbons (Fsp3) is 0.630. The molecule has 1 aromatic heterocycles. The van der Waals surface area contributed by atoms with E-state index in [9.17, 15) is 9.59 Å². The molecular weight excluding hydrogens is 464 g/mol. The highest BCUT2D eigenvalue weighted by atomic mass is 35.5. The Balaban J connectivity index is 0.00000124. The summed E-state index contributed by atoms with van der Waals surface area (Å²) in [5, 5.41) is 7.36. The zero-order chi connectivity index (χ0) is 24.6. The van der Waals surface area contributed by atoms with Crippen LogP contribution in [0.2, 0.25) is 5.02 Å². The van der Waals surface area contributed by atoms with E-state index in [1.54, 1.807) is 6.07 Å². The first-order chi connectivity index (χ1) is 17.0. The molecule has 1 aromatic carbocycles. The van der Waals surface area contributed by atoms with Gasteiger partial charge >= 0.3 is 6.03 Å². The zero-order valence-electron chi connectivity index (χ0n) is 20.9. The van der Waals surface area contributed by atoms with E-state index in [4.69, 9.17) is 16.0 Å². The number of carbonyl (C=O) groups excluding carboxylic acids is 2. The van der Waals surface area contributed by atoms with Gasteiger partial charge in [0.05, 0.1) is 16.2 Å². The number of piperazine rings is 1. The van der Waals surface area contributed by atoms with E-state index >= 15 is 0 Å². The van der Waals surface area contributed by atoms with Gasteiger partial charge < -0.3 is 20.0 Å². The van der Waals surface area contributed by atoms with Gasteiger partial charge in [-0.25, -0.2) is 4.79 Å². The van der Waals surface area contributed by atoms with Crippen LogP contribution in [0.1, 0.15) is 87.8 Å². The average molecular weight is 501 g/mol. The van der Waals surface area contributed by atoms with Crippen LogP contribution in [0.15, 0.2) is 16.5 Å². The van der Waals surface area contributed by atoms with E-state index in [1.165, 1.54) is 25.7 Å². The van der Waals surface area contributed by atoms with Crippen molar-refractivity contribution in [1.29, 1.82) is 0 Å². The Kier molecular flexibility index (Phi) is 6.99. The molecule has 0 unspecified atom stereocenters. The van der Waals surface area contributed by atoms with Crippen LogP contribution in [-0.4, -0.2) is 54.0 Å². The Bertz CT molecular complexity index is 1090. The highest BCUT2D eigenvalue weighted by molar-refractivity contribution is 6.35. The van der Waals surface area contributed by atoms with Gasteiger partial charge in [0, 0.05) is 43.2 Å². The minimum absolute atomic E-state index is 0.0624. The maximum Gasteiger partial charge on any atom is 0.319 e. The van der Waals surface area contributed by atoms with Gasteiger partial charge in [-0.3, -0.25) is 9.69 Å². The summed E-state index contributed by atoms with van der Waals surface area (Å²) in [5.74, 6) is 0.291. The maximum atomic E-state index is 13.4. The van der Waals surface area contributed by atoms with E-state index in [0.29, 0.717) is 28.1 Å². The Morgan fingerprint density at radius 3 is 2.40 bits per heavy atom. The van der Waals surface area contributed by atoms with Crippen LogP contribution in [0.4, 0.5) is 10.5 Å². The third-order valence-corrected chi connectivity index (χ3v) is 8.49. The van der Waals surface area contributed by atoms with Crippen LogP contribution >= 0.6 is 11.6 Å². The summed E-state index contributed by atoms with van der Waals surface area (Å²) in [6.07, 6.45) is 10.1. The number of nitrogens with zero attached hydrogens (tertiary/aromatic N) is 2. The number of benzene rings is 1. The lowest BCUT2D eigenvalue weighted by Crippen LogP contribution is -2.52. The summed E-state index contributed by atoms with van der Waals surface area (Å²) < 4.78 is 6.27. The number of hydrogen-bond donors (Lipinski definition) is 2. The second-order valence-corrected chi connectivity index (χ2v) is 10.5. The van der Waals surface area contributed by atoms with E-state index in [0.717, 1.165) is 69.2 Å². The third kappa shape index (κ3) is 4.42. The van der Waals surface area contributed by atoms with Gasteiger partial charge in [-0.1, -0.05) is 57.6 Å². The van der Waals surface area contributed by atoms with Crippen molar-refractivity contribution in [3.8, 4) is 0 Å². The Hall–Kier alpha value is -2.25. The zero-order valence-corrected chi connectivity index (χ0v) is 21.7. The molecular formula is C27H37ClN4O3. The summed E-state index contributed by atoms with van der Waals surface area (Å²) in [7, 11) is 0. The minimum Gasteiger partial charge on any atom is -0.450 e. The lowest BCUT2D eigenvalue weighted by Gasteiger charge is -2.42. The second kappa shape index (κ2) is 10.0. The molecule has 1 saturated heterocycles. The Labute approximate surface area is 212 Å². The lowest BCUT2D eigenvalue weighted by molar-refractivity contribution is 0.0546. The maximum absolute atomic E-state index is 13.4. The molecule has 2 N–H and O–H groups in total. The highest BCUT2D eigenvalue weighted by Crippen LogP contribution is 2.49. The summed E-state index contributed by atoms with van der Waals surface area (Å²) >= 11 is 6.62. The Morgan fingerprint density at radius 2 is 1.71 bits per heavy atom. The second-order valence-electron chi connectivity index (χ2n) is 10.1. The first-order valence-electron chi connectivity index (χ1n) is 13.4. The molecule has 4 aliphatic rings. The summed E-state index contributed by atoms with van der Waals surface area (Å²) in [6, 6.07) is 4.08. The molecule has 3 fully saturated rings. The fourth-order valence-corrected chi connectivity index (χ4v) is 6.76. The van der Waals surface area contributed by atoms with Gasteiger partial charge in [-0.15, -0.1) is 0 Å². The van der Waals surface area contributed by atoms with Gasteiger partial charge in [0.1, 0.15) is 5.58 Å². The third-order valence-electron chi connectivity index (χ3n) is 8.19. The Morgan fingerprint density at radius 1 is 1.03 bits per heavy atom. The predicted octanol–water partition coefficient (Wildman–Crippen LogP) is 6.11. The van der Waals surface area contributed by atoms with Crippen LogP contribution in [0, 0.1) is 0 Å². The number of anilines is 1. The van der Waals surface area contributed by atoms with Crippen molar-refractivity contribution in [3.05, 3.63) is 28.5 Å². The van der Waals surface area contributed by atoms with Crippen molar-refractivity contribution < 1.29 is 14.0 Å². The summed E-state index contributed by atoms with van der Waals surface area (Å²) in [4.78, 5) is 30.3. The van der Waals surface area contributed by atoms with Gasteiger partial charge in [0.15, 0.2) is 5.76 Å². The number of furan rings is 1. The van der Waals surface area contributed by atoms with Crippen LogP contribution in [0.25, 0.3) is 11.0 Å².